The summed E-state index contributed by atoms with van der Waals surface area (Å²) >= 11 is 0. The van der Waals surface area contributed by atoms with Gasteiger partial charge in [-0.1, -0.05) is 11.3 Å². The average molecular weight is 511 g/mol. The summed E-state index contributed by atoms with van der Waals surface area (Å²) in [5, 5.41) is 11.0. The van der Waals surface area contributed by atoms with Crippen LogP contribution in [0.2, 0.25) is 0 Å². The number of amides is 1. The Labute approximate surface area is 211 Å². The maximum Gasteiger partial charge on any atom is 0.416 e. The van der Waals surface area contributed by atoms with Gasteiger partial charge in [-0.2, -0.15) is 13.2 Å². The van der Waals surface area contributed by atoms with Gasteiger partial charge in [0.25, 0.3) is 5.91 Å². The molecule has 1 amide bonds. The van der Waals surface area contributed by atoms with Crippen molar-refractivity contribution in [2.45, 2.75) is 13.1 Å². The molecule has 2 aromatic carbocycles. The topological polar surface area (TPSA) is 85.2 Å². The first-order valence-corrected chi connectivity index (χ1v) is 11.3. The van der Waals surface area contributed by atoms with Crippen molar-refractivity contribution in [3.05, 3.63) is 83.8 Å². The number of hydrogen-bond donors (Lipinski definition) is 1. The highest BCUT2D eigenvalue weighted by Crippen LogP contribution is 2.35. The number of nitrogens with one attached hydrogen (secondary N) is 1. The van der Waals surface area contributed by atoms with Gasteiger partial charge in [0.05, 0.1) is 35.4 Å². The SMILES string of the molecule is COCCN(C)c1ccc(C(F)(F)F)cc1NC(=O)c1ccc(C)c(-n2cc(-c3cccnc3)nn2)c1. The maximum atomic E-state index is 13.4. The molecule has 0 saturated heterocycles. The van der Waals surface area contributed by atoms with E-state index in [2.05, 4.69) is 20.6 Å². The van der Waals surface area contributed by atoms with E-state index in [1.54, 1.807) is 59.5 Å². The van der Waals surface area contributed by atoms with Crippen LogP contribution >= 0.6 is 0 Å². The predicted molar refractivity (Wildman–Crippen MR) is 134 cm³/mol. The fourth-order valence-corrected chi connectivity index (χ4v) is 3.71. The molecule has 2 heterocycles. The van der Waals surface area contributed by atoms with Gasteiger partial charge in [-0.15, -0.1) is 5.10 Å². The molecule has 8 nitrogen and oxygen atoms in total. The van der Waals surface area contributed by atoms with Gasteiger partial charge in [0.1, 0.15) is 5.69 Å². The third kappa shape index (κ3) is 5.95. The highest BCUT2D eigenvalue weighted by molar-refractivity contribution is 6.06. The smallest absolute Gasteiger partial charge is 0.383 e. The molecule has 1 N–H and O–H groups in total. The molecule has 11 heteroatoms. The number of nitrogens with zero attached hydrogens (tertiary/aromatic N) is 5. The van der Waals surface area contributed by atoms with Crippen LogP contribution < -0.4 is 10.2 Å². The fourth-order valence-electron chi connectivity index (χ4n) is 3.71. The van der Waals surface area contributed by atoms with E-state index in [9.17, 15) is 18.0 Å². The van der Waals surface area contributed by atoms with E-state index in [1.165, 1.54) is 13.2 Å². The molecule has 0 saturated carbocycles. The summed E-state index contributed by atoms with van der Waals surface area (Å²) in [6, 6.07) is 11.9. The van der Waals surface area contributed by atoms with Gasteiger partial charge in [0.2, 0.25) is 0 Å². The molecular formula is C26H25F3N6O2. The standard InChI is InChI=1S/C26H25F3N6O2/c1-17-6-7-18(13-24(17)35-16-22(32-33-35)19-5-4-10-30-15-19)25(36)31-21-14-20(26(27,28)29)8-9-23(21)34(2)11-12-37-3/h4-10,13-16H,11-12H2,1-3H3,(H,31,36). The summed E-state index contributed by atoms with van der Waals surface area (Å²) in [7, 11) is 3.25. The van der Waals surface area contributed by atoms with Crippen LogP contribution in [0.4, 0.5) is 24.5 Å². The molecule has 0 spiro atoms. The zero-order valence-electron chi connectivity index (χ0n) is 20.5. The number of pyridine rings is 1. The summed E-state index contributed by atoms with van der Waals surface area (Å²) in [5.41, 5.74) is 2.70. The number of carbonyl (C=O) groups is 1. The number of ether oxygens (including phenoxy) is 1. The number of alkyl halides is 3. The Kier molecular flexibility index (Phi) is 7.53. The zero-order chi connectivity index (χ0) is 26.6. The molecule has 0 unspecified atom stereocenters. The molecule has 37 heavy (non-hydrogen) atoms. The molecule has 0 radical (unpaired) electrons. The molecule has 192 valence electrons. The van der Waals surface area contributed by atoms with Crippen LogP contribution in [0, 0.1) is 6.92 Å². The van der Waals surface area contributed by atoms with E-state index in [1.807, 2.05) is 13.0 Å². The Bertz CT molecular complexity index is 1390. The summed E-state index contributed by atoms with van der Waals surface area (Å²) < 4.78 is 46.8. The van der Waals surface area contributed by atoms with Gasteiger partial charge in [0.15, 0.2) is 0 Å². The third-order valence-corrected chi connectivity index (χ3v) is 5.78. The number of hydrogen-bond acceptors (Lipinski definition) is 6. The highest BCUT2D eigenvalue weighted by Gasteiger charge is 2.31. The second kappa shape index (κ2) is 10.8. The van der Waals surface area contributed by atoms with E-state index in [0.29, 0.717) is 30.2 Å². The van der Waals surface area contributed by atoms with E-state index in [4.69, 9.17) is 4.74 Å². The molecule has 0 aliphatic heterocycles. The quantitative estimate of drug-likeness (QED) is 0.360. The minimum atomic E-state index is -4.56. The Morgan fingerprint density at radius 1 is 1.16 bits per heavy atom. The summed E-state index contributed by atoms with van der Waals surface area (Å²) in [5.74, 6) is -0.561. The minimum absolute atomic E-state index is 0.0418. The maximum absolute atomic E-state index is 13.4. The van der Waals surface area contributed by atoms with Gasteiger partial charge >= 0.3 is 6.18 Å². The van der Waals surface area contributed by atoms with Gasteiger partial charge < -0.3 is 15.0 Å². The molecule has 0 aliphatic rings. The number of methoxy groups -OCH3 is 1. The number of aromatic nitrogens is 4. The van der Waals surface area contributed by atoms with Crippen LogP contribution in [0.25, 0.3) is 16.9 Å². The number of rotatable bonds is 8. The van der Waals surface area contributed by atoms with Crippen LogP contribution in [0.15, 0.2) is 67.1 Å². The number of carbonyl (C=O) groups excluding carboxylic acids is 1. The molecule has 4 aromatic rings. The van der Waals surface area contributed by atoms with Crippen LogP contribution in [-0.4, -0.2) is 53.2 Å². The lowest BCUT2D eigenvalue weighted by atomic mass is 10.1. The van der Waals surface area contributed by atoms with Crippen molar-refractivity contribution in [2.24, 2.45) is 0 Å². The molecule has 0 atom stereocenters. The van der Waals surface area contributed by atoms with Gasteiger partial charge in [-0.25, -0.2) is 4.68 Å². The summed E-state index contributed by atoms with van der Waals surface area (Å²) in [4.78, 5) is 19.0. The van der Waals surface area contributed by atoms with E-state index < -0.39 is 17.6 Å². The zero-order valence-corrected chi connectivity index (χ0v) is 20.5. The second-order valence-electron chi connectivity index (χ2n) is 8.39. The van der Waals surface area contributed by atoms with Crippen molar-refractivity contribution >= 4 is 17.3 Å². The Hall–Kier alpha value is -4.25. The number of anilines is 2. The Morgan fingerprint density at radius 3 is 2.68 bits per heavy atom. The number of benzene rings is 2. The Morgan fingerprint density at radius 2 is 1.97 bits per heavy atom. The van der Waals surface area contributed by atoms with Crippen LogP contribution in [0.5, 0.6) is 0 Å². The average Bonchev–Trinajstić information content (AvgIpc) is 3.37. The molecule has 0 bridgehead atoms. The lowest BCUT2D eigenvalue weighted by Gasteiger charge is -2.23. The third-order valence-electron chi connectivity index (χ3n) is 5.78. The van der Waals surface area contributed by atoms with Crippen molar-refractivity contribution in [2.75, 3.05) is 37.5 Å². The Balaban J connectivity index is 1.64. The summed E-state index contributed by atoms with van der Waals surface area (Å²) in [6.07, 6.45) is 0.489. The first kappa shape index (κ1) is 25.8. The normalized spacial score (nSPS) is 11.4. The minimum Gasteiger partial charge on any atom is -0.383 e. The van der Waals surface area contributed by atoms with Crippen molar-refractivity contribution in [1.82, 2.24) is 20.0 Å². The molecule has 0 aliphatic carbocycles. The number of halogens is 3. The largest absolute Gasteiger partial charge is 0.416 e. The molecule has 0 fully saturated rings. The van der Waals surface area contributed by atoms with Crippen molar-refractivity contribution < 1.29 is 22.7 Å². The van der Waals surface area contributed by atoms with E-state index in [-0.39, 0.29) is 11.3 Å². The monoisotopic (exact) mass is 510 g/mol. The number of aryl methyl sites for hydroxylation is 1. The summed E-state index contributed by atoms with van der Waals surface area (Å²) in [6.45, 7) is 2.65. The van der Waals surface area contributed by atoms with E-state index in [0.717, 1.165) is 23.3 Å². The van der Waals surface area contributed by atoms with Gasteiger partial charge in [-0.05, 0) is 55.0 Å². The number of likely N-dealkylation sites (N-methyl/N-ethyl adjacent to an activating group) is 1. The molecule has 4 rings (SSSR count). The lowest BCUT2D eigenvalue weighted by Crippen LogP contribution is -2.24. The van der Waals surface area contributed by atoms with Crippen LogP contribution in [-0.2, 0) is 10.9 Å². The second-order valence-corrected chi connectivity index (χ2v) is 8.39. The highest BCUT2D eigenvalue weighted by atomic mass is 19.4. The van der Waals surface area contributed by atoms with Crippen molar-refractivity contribution in [3.63, 3.8) is 0 Å². The van der Waals surface area contributed by atoms with Gasteiger partial charge in [-0.3, -0.25) is 9.78 Å². The first-order chi connectivity index (χ1) is 17.7. The lowest BCUT2D eigenvalue weighted by molar-refractivity contribution is -0.137. The fraction of sp³-hybridized carbons (Fsp3) is 0.231. The van der Waals surface area contributed by atoms with Crippen molar-refractivity contribution in [3.8, 4) is 16.9 Å². The molecule has 2 aromatic heterocycles. The van der Waals surface area contributed by atoms with E-state index >= 15 is 0 Å². The van der Waals surface area contributed by atoms with Crippen LogP contribution in [0.3, 0.4) is 0 Å². The van der Waals surface area contributed by atoms with Crippen LogP contribution in [0.1, 0.15) is 21.5 Å². The predicted octanol–water partition coefficient (Wildman–Crippen LogP) is 4.99. The first-order valence-electron chi connectivity index (χ1n) is 11.3. The van der Waals surface area contributed by atoms with Crippen molar-refractivity contribution in [1.29, 1.82) is 0 Å². The molecular weight excluding hydrogens is 485 g/mol. The van der Waals surface area contributed by atoms with Gasteiger partial charge in [0, 0.05) is 44.2 Å².